The van der Waals surface area contributed by atoms with Crippen LogP contribution in [0.25, 0.3) is 11.2 Å². The van der Waals surface area contributed by atoms with Gasteiger partial charge in [-0.3, -0.25) is 4.79 Å². The third-order valence-electron chi connectivity index (χ3n) is 5.99. The zero-order valence-corrected chi connectivity index (χ0v) is 16.1. The number of rotatable bonds is 2. The minimum absolute atomic E-state index is 0.00717. The highest BCUT2D eigenvalue weighted by molar-refractivity contribution is 5.84. The molecule has 0 saturated carbocycles. The molecule has 1 unspecified atom stereocenters. The van der Waals surface area contributed by atoms with Crippen molar-refractivity contribution in [3.63, 3.8) is 0 Å². The molecule has 0 aliphatic carbocycles. The van der Waals surface area contributed by atoms with Crippen LogP contribution in [0, 0.1) is 5.92 Å². The molecule has 1 saturated heterocycles. The molecule has 5 rings (SSSR count). The summed E-state index contributed by atoms with van der Waals surface area (Å²) in [6.45, 7) is 3.13. The highest BCUT2D eigenvalue weighted by Gasteiger charge is 2.32. The number of hydrogen-bond donors (Lipinski definition) is 0. The fraction of sp³-hybridized carbons (Fsp3) is 0.429. The summed E-state index contributed by atoms with van der Waals surface area (Å²) >= 11 is 0. The first-order chi connectivity index (χ1) is 13.7. The quantitative estimate of drug-likeness (QED) is 0.686. The van der Waals surface area contributed by atoms with Gasteiger partial charge < -0.3 is 14.4 Å². The predicted molar refractivity (Wildman–Crippen MR) is 107 cm³/mol. The number of carbonyl (C=O) groups excluding carboxylic acids is 1. The fourth-order valence-electron chi connectivity index (χ4n) is 4.48. The molecule has 2 aromatic heterocycles. The summed E-state index contributed by atoms with van der Waals surface area (Å²) in [6, 6.07) is 8.45. The Labute approximate surface area is 164 Å². The van der Waals surface area contributed by atoms with E-state index in [4.69, 9.17) is 0 Å². The van der Waals surface area contributed by atoms with Crippen molar-refractivity contribution in [3.05, 3.63) is 48.0 Å². The fourth-order valence-corrected chi connectivity index (χ4v) is 4.48. The molecule has 1 aromatic carbocycles. The first kappa shape index (κ1) is 17.2. The van der Waals surface area contributed by atoms with E-state index in [-0.39, 0.29) is 11.8 Å². The van der Waals surface area contributed by atoms with Gasteiger partial charge in [0.15, 0.2) is 17.0 Å². The Bertz CT molecular complexity index is 1030. The van der Waals surface area contributed by atoms with Gasteiger partial charge in [-0.2, -0.15) is 0 Å². The summed E-state index contributed by atoms with van der Waals surface area (Å²) in [4.78, 5) is 30.8. The van der Waals surface area contributed by atoms with Crippen molar-refractivity contribution in [2.24, 2.45) is 13.0 Å². The van der Waals surface area contributed by atoms with Gasteiger partial charge >= 0.3 is 0 Å². The smallest absolute Gasteiger partial charge is 0.227 e. The molecular weight excluding hydrogens is 352 g/mol. The van der Waals surface area contributed by atoms with Crippen molar-refractivity contribution in [3.8, 4) is 0 Å². The molecule has 7 heteroatoms. The van der Waals surface area contributed by atoms with E-state index in [1.54, 1.807) is 12.7 Å². The van der Waals surface area contributed by atoms with E-state index >= 15 is 0 Å². The zero-order valence-electron chi connectivity index (χ0n) is 16.1. The Kier molecular flexibility index (Phi) is 4.22. The molecular formula is C21H24N6O. The number of nitrogens with zero attached hydrogens (tertiary/aromatic N) is 6. The van der Waals surface area contributed by atoms with Gasteiger partial charge in [0.05, 0.1) is 12.2 Å². The predicted octanol–water partition coefficient (Wildman–Crippen LogP) is 2.16. The Morgan fingerprint density at radius 2 is 1.96 bits per heavy atom. The highest BCUT2D eigenvalue weighted by atomic mass is 16.2. The molecule has 28 heavy (non-hydrogen) atoms. The summed E-state index contributed by atoms with van der Waals surface area (Å²) in [5, 5.41) is 0. The minimum Gasteiger partial charge on any atom is -0.354 e. The molecule has 0 bridgehead atoms. The third-order valence-corrected chi connectivity index (χ3v) is 5.99. The lowest BCUT2D eigenvalue weighted by molar-refractivity contribution is -0.136. The Morgan fingerprint density at radius 1 is 1.11 bits per heavy atom. The van der Waals surface area contributed by atoms with E-state index < -0.39 is 0 Å². The monoisotopic (exact) mass is 376 g/mol. The van der Waals surface area contributed by atoms with Crippen LogP contribution >= 0.6 is 0 Å². The molecule has 0 spiro atoms. The number of benzene rings is 1. The van der Waals surface area contributed by atoms with Crippen LogP contribution in [0.1, 0.15) is 24.0 Å². The second kappa shape index (κ2) is 6.89. The van der Waals surface area contributed by atoms with E-state index in [2.05, 4.69) is 44.1 Å². The molecule has 0 radical (unpaired) electrons. The van der Waals surface area contributed by atoms with Crippen molar-refractivity contribution in [2.45, 2.75) is 25.8 Å². The van der Waals surface area contributed by atoms with Gasteiger partial charge in [0.25, 0.3) is 0 Å². The minimum atomic E-state index is 0.00717. The van der Waals surface area contributed by atoms with E-state index in [1.807, 2.05) is 16.5 Å². The first-order valence-corrected chi connectivity index (χ1v) is 9.93. The maximum absolute atomic E-state index is 13.3. The lowest BCUT2D eigenvalue weighted by Crippen LogP contribution is -2.46. The van der Waals surface area contributed by atoms with Crippen LogP contribution in [0.4, 0.5) is 5.82 Å². The topological polar surface area (TPSA) is 67.2 Å². The molecule has 4 heterocycles. The summed E-state index contributed by atoms with van der Waals surface area (Å²) < 4.78 is 1.90. The second-order valence-corrected chi connectivity index (χ2v) is 7.79. The molecule has 2 aliphatic rings. The van der Waals surface area contributed by atoms with Crippen molar-refractivity contribution < 1.29 is 4.79 Å². The molecule has 1 fully saturated rings. The van der Waals surface area contributed by atoms with E-state index in [0.29, 0.717) is 6.54 Å². The van der Waals surface area contributed by atoms with Crippen LogP contribution in [0.2, 0.25) is 0 Å². The number of aryl methyl sites for hydroxylation is 1. The summed E-state index contributed by atoms with van der Waals surface area (Å²) in [6.07, 6.45) is 6.22. The number of amides is 1. The number of anilines is 1. The SMILES string of the molecule is Cn1cnc2c(N3CCCC(C(=O)N4CCc5ccccc5C4)C3)ncnc21. The average molecular weight is 376 g/mol. The molecule has 144 valence electrons. The number of imidazole rings is 1. The van der Waals surface area contributed by atoms with Gasteiger partial charge in [-0.25, -0.2) is 15.0 Å². The first-order valence-electron chi connectivity index (χ1n) is 9.93. The van der Waals surface area contributed by atoms with Crippen LogP contribution in [-0.4, -0.2) is 50.0 Å². The van der Waals surface area contributed by atoms with Crippen LogP contribution < -0.4 is 4.90 Å². The van der Waals surface area contributed by atoms with Gasteiger partial charge in [-0.05, 0) is 30.4 Å². The molecule has 1 atom stereocenters. The summed E-state index contributed by atoms with van der Waals surface area (Å²) in [7, 11) is 1.93. The maximum atomic E-state index is 13.3. The van der Waals surface area contributed by atoms with Crippen molar-refractivity contribution in [2.75, 3.05) is 24.5 Å². The van der Waals surface area contributed by atoms with Crippen molar-refractivity contribution in [1.29, 1.82) is 0 Å². The molecule has 3 aromatic rings. The summed E-state index contributed by atoms with van der Waals surface area (Å²) in [5.74, 6) is 1.12. The Balaban J connectivity index is 1.35. The van der Waals surface area contributed by atoms with Gasteiger partial charge in [0, 0.05) is 33.2 Å². The maximum Gasteiger partial charge on any atom is 0.227 e. The molecule has 0 N–H and O–H groups in total. The van der Waals surface area contributed by atoms with E-state index in [1.165, 1.54) is 11.1 Å². The van der Waals surface area contributed by atoms with Crippen LogP contribution in [0.15, 0.2) is 36.9 Å². The second-order valence-electron chi connectivity index (χ2n) is 7.79. The Hall–Kier alpha value is -2.96. The van der Waals surface area contributed by atoms with Crippen LogP contribution in [0.3, 0.4) is 0 Å². The number of piperidine rings is 1. The van der Waals surface area contributed by atoms with Gasteiger partial charge in [-0.15, -0.1) is 0 Å². The van der Waals surface area contributed by atoms with Gasteiger partial charge in [0.2, 0.25) is 5.91 Å². The average Bonchev–Trinajstić information content (AvgIpc) is 3.14. The Morgan fingerprint density at radius 3 is 2.86 bits per heavy atom. The number of fused-ring (bicyclic) bond motifs is 2. The summed E-state index contributed by atoms with van der Waals surface area (Å²) in [5.41, 5.74) is 4.28. The molecule has 2 aliphatic heterocycles. The van der Waals surface area contributed by atoms with Crippen LogP contribution in [-0.2, 0) is 24.8 Å². The van der Waals surface area contributed by atoms with Crippen molar-refractivity contribution in [1.82, 2.24) is 24.4 Å². The van der Waals surface area contributed by atoms with E-state index in [0.717, 1.165) is 55.9 Å². The lowest BCUT2D eigenvalue weighted by atomic mass is 9.94. The zero-order chi connectivity index (χ0) is 19.1. The van der Waals surface area contributed by atoms with Gasteiger partial charge in [-0.1, -0.05) is 24.3 Å². The normalized spacial score (nSPS) is 19.7. The van der Waals surface area contributed by atoms with Crippen molar-refractivity contribution >= 4 is 22.9 Å². The van der Waals surface area contributed by atoms with Gasteiger partial charge in [0.1, 0.15) is 6.33 Å². The molecule has 1 amide bonds. The number of aromatic nitrogens is 4. The van der Waals surface area contributed by atoms with Crippen LogP contribution in [0.5, 0.6) is 0 Å². The largest absolute Gasteiger partial charge is 0.354 e. The lowest BCUT2D eigenvalue weighted by Gasteiger charge is -2.37. The standard InChI is InChI=1S/C21H24N6O/c1-25-14-24-18-19(25)22-13-23-20(18)26-9-4-7-17(12-26)21(28)27-10-8-15-5-2-3-6-16(15)11-27/h2-3,5-6,13-14,17H,4,7-12H2,1H3. The molecule has 7 nitrogen and oxygen atoms in total. The number of hydrogen-bond acceptors (Lipinski definition) is 5. The highest BCUT2D eigenvalue weighted by Crippen LogP contribution is 2.28. The number of carbonyl (C=O) groups is 1. The van der Waals surface area contributed by atoms with E-state index in [9.17, 15) is 4.79 Å². The third kappa shape index (κ3) is 2.91.